The standard InChI is InChI=1S/2C55H104O3S.Ca/c2*1-2-3-4-5-6-7-8-9-10-11-12-13-14-15-16-17-18-19-20-21-22-23-24-25-26-27-28-29-30-31-32-33-34-35-36-37-38-39-40-41-42-43-44-45-46-47-48-50-54-51-49-52-55(53-54)59(56,57)58;/h2*49,51-53H,2-48,50H2,1H3,(H,56,57,58);/q;;+2/p-2. The van der Waals surface area contributed by atoms with E-state index >= 15 is 0 Å². The summed E-state index contributed by atoms with van der Waals surface area (Å²) in [4.78, 5) is -0.208. The molecule has 0 bridgehead atoms. The second-order valence-electron chi connectivity index (χ2n) is 38.2. The van der Waals surface area contributed by atoms with E-state index in [1.54, 1.807) is 12.1 Å². The van der Waals surface area contributed by atoms with Crippen molar-refractivity contribution in [1.82, 2.24) is 0 Å². The average Bonchev–Trinajstić information content (AvgIpc) is 0.862. The summed E-state index contributed by atoms with van der Waals surface area (Å²) >= 11 is 0. The van der Waals surface area contributed by atoms with Gasteiger partial charge in [0.1, 0.15) is 20.2 Å². The van der Waals surface area contributed by atoms with Gasteiger partial charge in [-0.3, -0.25) is 0 Å². The molecule has 0 fully saturated rings. The van der Waals surface area contributed by atoms with Crippen LogP contribution in [0.4, 0.5) is 0 Å². The fraction of sp³-hybridized carbons (Fsp3) is 0.891. The minimum atomic E-state index is -4.35. The third-order valence-corrected chi connectivity index (χ3v) is 28.2. The second-order valence-corrected chi connectivity index (χ2v) is 41.0. The molecule has 0 heterocycles. The van der Waals surface area contributed by atoms with Crippen LogP contribution in [0.3, 0.4) is 0 Å². The van der Waals surface area contributed by atoms with Crippen LogP contribution in [0.15, 0.2) is 58.3 Å². The third kappa shape index (κ3) is 93.5. The van der Waals surface area contributed by atoms with Gasteiger partial charge < -0.3 is 9.11 Å². The van der Waals surface area contributed by atoms with Gasteiger partial charge in [-0.05, 0) is 61.1 Å². The Balaban J connectivity index is 0.00000232. The van der Waals surface area contributed by atoms with E-state index in [1.165, 1.54) is 615 Å². The van der Waals surface area contributed by atoms with Crippen LogP contribution in [0, 0.1) is 0 Å². The summed E-state index contributed by atoms with van der Waals surface area (Å²) in [5, 5.41) is 0. The van der Waals surface area contributed by atoms with E-state index in [2.05, 4.69) is 13.8 Å². The zero-order valence-corrected chi connectivity index (χ0v) is 84.3. The van der Waals surface area contributed by atoms with Crippen LogP contribution in [-0.4, -0.2) is 63.7 Å². The molecular weight excluding hydrogens is 1520 g/mol. The fourth-order valence-electron chi connectivity index (χ4n) is 18.4. The summed E-state index contributed by atoms with van der Waals surface area (Å²) < 4.78 is 67.1. The van der Waals surface area contributed by atoms with Crippen LogP contribution < -0.4 is 0 Å². The molecule has 0 aliphatic heterocycles. The van der Waals surface area contributed by atoms with E-state index in [0.717, 1.165) is 36.8 Å². The van der Waals surface area contributed by atoms with Gasteiger partial charge in [-0.25, -0.2) is 16.8 Å². The van der Waals surface area contributed by atoms with Gasteiger partial charge in [-0.2, -0.15) is 0 Å². The summed E-state index contributed by atoms with van der Waals surface area (Å²) in [6.07, 6.45) is 137. The van der Waals surface area contributed by atoms with Crippen LogP contribution in [0.1, 0.15) is 629 Å². The number of rotatable bonds is 98. The number of hydrogen-bond donors (Lipinski definition) is 0. The third-order valence-electron chi connectivity index (χ3n) is 26.5. The van der Waals surface area contributed by atoms with Crippen LogP contribution in [0.2, 0.25) is 0 Å². The molecule has 0 amide bonds. The van der Waals surface area contributed by atoms with Crippen molar-refractivity contribution in [2.45, 2.75) is 640 Å². The minimum absolute atomic E-state index is 0. The van der Waals surface area contributed by atoms with Gasteiger partial charge in [-0.15, -0.1) is 0 Å². The zero-order valence-electron chi connectivity index (χ0n) is 80.5. The molecule has 0 aromatic heterocycles. The molecule has 2 aromatic carbocycles. The first-order chi connectivity index (χ1) is 58.1. The van der Waals surface area contributed by atoms with Crippen molar-refractivity contribution in [1.29, 1.82) is 0 Å². The van der Waals surface area contributed by atoms with E-state index in [9.17, 15) is 25.9 Å². The van der Waals surface area contributed by atoms with Gasteiger partial charge in [-0.1, -0.05) is 629 Å². The topological polar surface area (TPSA) is 114 Å². The molecule has 0 N–H and O–H groups in total. The summed E-state index contributed by atoms with van der Waals surface area (Å²) in [5.41, 5.74) is 1.91. The molecule has 0 unspecified atom stereocenters. The second kappa shape index (κ2) is 98.1. The van der Waals surface area contributed by atoms with Crippen LogP contribution in [0.25, 0.3) is 0 Å². The van der Waals surface area contributed by atoms with Crippen molar-refractivity contribution in [3.8, 4) is 0 Å². The van der Waals surface area contributed by atoms with Crippen molar-refractivity contribution >= 4 is 58.0 Å². The van der Waals surface area contributed by atoms with Crippen LogP contribution in [-0.2, 0) is 33.1 Å². The van der Waals surface area contributed by atoms with Crippen molar-refractivity contribution in [2.75, 3.05) is 0 Å². The summed E-state index contributed by atoms with van der Waals surface area (Å²) in [5.74, 6) is 0. The molecule has 0 aliphatic carbocycles. The van der Waals surface area contributed by atoms with E-state index < -0.39 is 20.2 Å². The van der Waals surface area contributed by atoms with Crippen molar-refractivity contribution < 1.29 is 25.9 Å². The molecule has 696 valence electrons. The van der Waals surface area contributed by atoms with E-state index in [4.69, 9.17) is 0 Å². The summed E-state index contributed by atoms with van der Waals surface area (Å²) in [6.45, 7) is 4.62. The Bertz CT molecular complexity index is 2310. The number of aryl methyl sites for hydroxylation is 2. The molecule has 0 radical (unpaired) electrons. The Kier molecular flexibility index (Phi) is 97.7. The van der Waals surface area contributed by atoms with Crippen molar-refractivity contribution in [3.63, 3.8) is 0 Å². The maximum Gasteiger partial charge on any atom is 2.00 e. The number of hydrogen-bond acceptors (Lipinski definition) is 6. The quantitative estimate of drug-likeness (QED) is 0.0370. The Morgan fingerprint density at radius 1 is 0.168 bits per heavy atom. The molecule has 0 saturated heterocycles. The van der Waals surface area contributed by atoms with Gasteiger partial charge in [0.2, 0.25) is 0 Å². The predicted molar refractivity (Wildman–Crippen MR) is 527 cm³/mol. The predicted octanol–water partition coefficient (Wildman–Crippen LogP) is 38.6. The molecule has 0 spiro atoms. The van der Waals surface area contributed by atoms with Crippen LogP contribution in [0.5, 0.6) is 0 Å². The maximum atomic E-state index is 11.2. The van der Waals surface area contributed by atoms with E-state index in [-0.39, 0.29) is 47.5 Å². The first-order valence-electron chi connectivity index (χ1n) is 54.2. The monoisotopic (exact) mass is 1730 g/mol. The Morgan fingerprint density at radius 3 is 0.370 bits per heavy atom. The van der Waals surface area contributed by atoms with Gasteiger partial charge in [0, 0.05) is 0 Å². The molecule has 6 nitrogen and oxygen atoms in total. The smallest absolute Gasteiger partial charge is 0.744 e. The largest absolute Gasteiger partial charge is 2.00 e. The zero-order chi connectivity index (χ0) is 84.8. The minimum Gasteiger partial charge on any atom is -0.744 e. The van der Waals surface area contributed by atoms with Gasteiger partial charge in [0.15, 0.2) is 0 Å². The van der Waals surface area contributed by atoms with Crippen molar-refractivity contribution in [3.05, 3.63) is 59.7 Å². The Hall–Kier alpha value is -0.480. The van der Waals surface area contributed by atoms with Crippen LogP contribution >= 0.6 is 0 Å². The molecule has 2 aromatic rings. The Labute approximate surface area is 777 Å². The van der Waals surface area contributed by atoms with E-state index in [0.29, 0.717) is 0 Å². The molecule has 0 atom stereocenters. The summed E-state index contributed by atoms with van der Waals surface area (Å²) in [6, 6.07) is 13.0. The van der Waals surface area contributed by atoms with Gasteiger partial charge >= 0.3 is 37.7 Å². The molecule has 2 rings (SSSR count). The first kappa shape index (κ1) is 119. The first-order valence-corrected chi connectivity index (χ1v) is 57.0. The Morgan fingerprint density at radius 2 is 0.269 bits per heavy atom. The van der Waals surface area contributed by atoms with Gasteiger partial charge in [0.05, 0.1) is 9.79 Å². The fourth-order valence-corrected chi connectivity index (χ4v) is 19.5. The number of unbranched alkanes of at least 4 members (excludes halogenated alkanes) is 92. The molecule has 0 saturated carbocycles. The molecular formula is C110H206CaO6S2. The maximum absolute atomic E-state index is 11.2. The summed E-state index contributed by atoms with van der Waals surface area (Å²) in [7, 11) is -8.70. The normalized spacial score (nSPS) is 11.8. The SMILES string of the molecule is CCCCCCCCCCCCCCCCCCCCCCCCCCCCCCCCCCCCCCCCCCCCCCCCCc1cccc(S(=O)(=O)[O-])c1.CCCCCCCCCCCCCCCCCCCCCCCCCCCCCCCCCCCCCCCCCCCCCCCCCc1cccc(S(=O)(=O)[O-])c1.[Ca+2]. The van der Waals surface area contributed by atoms with Gasteiger partial charge in [0.25, 0.3) is 0 Å². The van der Waals surface area contributed by atoms with Crippen molar-refractivity contribution in [2.24, 2.45) is 0 Å². The molecule has 9 heteroatoms. The molecule has 119 heavy (non-hydrogen) atoms. The van der Waals surface area contributed by atoms with E-state index in [1.807, 2.05) is 12.1 Å². The average molecular weight is 1730 g/mol. The molecule has 0 aliphatic rings. The number of benzene rings is 2.